The molecule has 8 nitrogen and oxygen atoms in total. The number of hydrogen-bond acceptors (Lipinski definition) is 7. The molecule has 0 spiro atoms. The second-order valence-electron chi connectivity index (χ2n) is 6.58. The summed E-state index contributed by atoms with van der Waals surface area (Å²) >= 11 is 0. The van der Waals surface area contributed by atoms with E-state index in [1.807, 2.05) is 23.1 Å². The van der Waals surface area contributed by atoms with E-state index < -0.39 is 0 Å². The Balaban J connectivity index is 1.44. The van der Waals surface area contributed by atoms with Crippen molar-refractivity contribution in [2.24, 2.45) is 0 Å². The van der Waals surface area contributed by atoms with E-state index in [1.54, 1.807) is 32.7 Å². The number of anilines is 1. The molecule has 0 atom stereocenters. The molecule has 8 heteroatoms. The van der Waals surface area contributed by atoms with Gasteiger partial charge in [0.1, 0.15) is 11.5 Å². The van der Waals surface area contributed by atoms with Crippen molar-refractivity contribution < 1.29 is 14.3 Å². The summed E-state index contributed by atoms with van der Waals surface area (Å²) in [6.45, 7) is 4.43. The Bertz CT molecular complexity index is 764. The zero-order valence-corrected chi connectivity index (χ0v) is 16.4. The van der Waals surface area contributed by atoms with E-state index in [9.17, 15) is 4.79 Å². The number of nitrogens with zero attached hydrogens (tertiary/aromatic N) is 4. The fraction of sp³-hybridized carbons (Fsp3) is 0.450. The third-order valence-electron chi connectivity index (χ3n) is 4.79. The molecule has 1 fully saturated rings. The van der Waals surface area contributed by atoms with Crippen LogP contribution in [0.25, 0.3) is 0 Å². The number of rotatable bonds is 8. The lowest BCUT2D eigenvalue weighted by Crippen LogP contribution is -2.48. The lowest BCUT2D eigenvalue weighted by Gasteiger charge is -2.35. The van der Waals surface area contributed by atoms with Crippen LogP contribution in [-0.4, -0.2) is 72.6 Å². The smallest absolute Gasteiger partial charge is 0.224 e. The number of nitrogens with one attached hydrogen (secondary N) is 1. The standard InChI is InChI=1S/C20H27N5O3/c1-27-17-4-5-18(28-2)16(14-17)15-24-10-12-25(13-11-24)19(26)6-9-23-20-21-7-3-8-22-20/h3-5,7-8,14H,6,9-13,15H2,1-2H3,(H,21,22,23). The van der Waals surface area contributed by atoms with Crippen molar-refractivity contribution >= 4 is 11.9 Å². The molecule has 28 heavy (non-hydrogen) atoms. The summed E-state index contributed by atoms with van der Waals surface area (Å²) in [6, 6.07) is 7.59. The molecule has 1 saturated heterocycles. The van der Waals surface area contributed by atoms with Gasteiger partial charge in [-0.25, -0.2) is 9.97 Å². The van der Waals surface area contributed by atoms with E-state index in [0.29, 0.717) is 18.9 Å². The number of benzene rings is 1. The highest BCUT2D eigenvalue weighted by molar-refractivity contribution is 5.76. The lowest BCUT2D eigenvalue weighted by atomic mass is 10.1. The third kappa shape index (κ3) is 5.32. The van der Waals surface area contributed by atoms with Gasteiger partial charge in [0.15, 0.2) is 0 Å². The van der Waals surface area contributed by atoms with Gasteiger partial charge < -0.3 is 19.7 Å². The second-order valence-corrected chi connectivity index (χ2v) is 6.58. The zero-order chi connectivity index (χ0) is 19.8. The molecule has 1 aromatic heterocycles. The minimum absolute atomic E-state index is 0.155. The van der Waals surface area contributed by atoms with Gasteiger partial charge in [0.05, 0.1) is 14.2 Å². The summed E-state index contributed by atoms with van der Waals surface area (Å²) < 4.78 is 10.8. The number of aromatic nitrogens is 2. The molecular formula is C20H27N5O3. The third-order valence-corrected chi connectivity index (χ3v) is 4.79. The van der Waals surface area contributed by atoms with Crippen LogP contribution in [0.3, 0.4) is 0 Å². The molecule has 0 aliphatic carbocycles. The molecule has 1 aliphatic heterocycles. The lowest BCUT2D eigenvalue weighted by molar-refractivity contribution is -0.132. The van der Waals surface area contributed by atoms with Gasteiger partial charge in [-0.3, -0.25) is 9.69 Å². The summed E-state index contributed by atoms with van der Waals surface area (Å²) in [6.07, 6.45) is 3.78. The molecule has 0 unspecified atom stereocenters. The highest BCUT2D eigenvalue weighted by Crippen LogP contribution is 2.25. The fourth-order valence-electron chi connectivity index (χ4n) is 3.23. The number of hydrogen-bond donors (Lipinski definition) is 1. The Morgan fingerprint density at radius 1 is 1.11 bits per heavy atom. The number of carbonyl (C=O) groups excluding carboxylic acids is 1. The number of piperazine rings is 1. The van der Waals surface area contributed by atoms with Gasteiger partial charge in [0, 0.05) is 63.6 Å². The van der Waals surface area contributed by atoms with Crippen molar-refractivity contribution in [3.8, 4) is 11.5 Å². The van der Waals surface area contributed by atoms with Gasteiger partial charge in [-0.15, -0.1) is 0 Å². The first-order valence-electron chi connectivity index (χ1n) is 9.41. The predicted molar refractivity (Wildman–Crippen MR) is 107 cm³/mol. The summed E-state index contributed by atoms with van der Waals surface area (Å²) in [5, 5.41) is 3.07. The number of carbonyl (C=O) groups is 1. The summed E-state index contributed by atoms with van der Waals surface area (Å²) in [5.74, 6) is 2.38. The molecule has 2 heterocycles. The molecule has 1 aromatic carbocycles. The second kappa shape index (κ2) is 9.89. The Morgan fingerprint density at radius 2 is 1.86 bits per heavy atom. The molecular weight excluding hydrogens is 358 g/mol. The van der Waals surface area contributed by atoms with Crippen LogP contribution < -0.4 is 14.8 Å². The average Bonchev–Trinajstić information content (AvgIpc) is 2.75. The van der Waals surface area contributed by atoms with Crippen LogP contribution in [-0.2, 0) is 11.3 Å². The summed E-state index contributed by atoms with van der Waals surface area (Å²) in [5.41, 5.74) is 1.09. The van der Waals surface area contributed by atoms with Crippen LogP contribution in [0, 0.1) is 0 Å². The van der Waals surface area contributed by atoms with Crippen molar-refractivity contribution in [1.29, 1.82) is 0 Å². The predicted octanol–water partition coefficient (Wildman–Crippen LogP) is 1.64. The molecule has 1 aliphatic rings. The monoisotopic (exact) mass is 385 g/mol. The molecule has 0 saturated carbocycles. The normalized spacial score (nSPS) is 14.6. The highest BCUT2D eigenvalue weighted by atomic mass is 16.5. The Kier molecular flexibility index (Phi) is 7.02. The minimum atomic E-state index is 0.155. The maximum Gasteiger partial charge on any atom is 0.224 e. The highest BCUT2D eigenvalue weighted by Gasteiger charge is 2.21. The molecule has 2 aromatic rings. The number of amides is 1. The molecule has 1 amide bonds. The zero-order valence-electron chi connectivity index (χ0n) is 16.4. The van der Waals surface area contributed by atoms with E-state index >= 15 is 0 Å². The maximum atomic E-state index is 12.4. The van der Waals surface area contributed by atoms with Gasteiger partial charge in [0.25, 0.3) is 0 Å². The van der Waals surface area contributed by atoms with Crippen LogP contribution in [0.4, 0.5) is 5.95 Å². The van der Waals surface area contributed by atoms with Gasteiger partial charge >= 0.3 is 0 Å². The molecule has 1 N–H and O–H groups in total. The van der Waals surface area contributed by atoms with Crippen molar-refractivity contribution in [3.63, 3.8) is 0 Å². The van der Waals surface area contributed by atoms with Gasteiger partial charge in [-0.2, -0.15) is 0 Å². The molecule has 150 valence electrons. The minimum Gasteiger partial charge on any atom is -0.497 e. The molecule has 3 rings (SSSR count). The van der Waals surface area contributed by atoms with Crippen LogP contribution in [0.5, 0.6) is 11.5 Å². The van der Waals surface area contributed by atoms with E-state index in [-0.39, 0.29) is 5.91 Å². The first-order valence-corrected chi connectivity index (χ1v) is 9.41. The van der Waals surface area contributed by atoms with E-state index in [0.717, 1.165) is 49.8 Å². The van der Waals surface area contributed by atoms with Gasteiger partial charge in [-0.05, 0) is 24.3 Å². The van der Waals surface area contributed by atoms with Crippen LogP contribution in [0.15, 0.2) is 36.7 Å². The molecule has 0 radical (unpaired) electrons. The SMILES string of the molecule is COc1ccc(OC)c(CN2CCN(C(=O)CCNc3ncccn3)CC2)c1. The first-order chi connectivity index (χ1) is 13.7. The van der Waals surface area contributed by atoms with Crippen LogP contribution in [0.1, 0.15) is 12.0 Å². The van der Waals surface area contributed by atoms with E-state index in [1.165, 1.54) is 0 Å². The Morgan fingerprint density at radius 3 is 2.54 bits per heavy atom. The Labute approximate surface area is 165 Å². The van der Waals surface area contributed by atoms with Crippen LogP contribution in [0.2, 0.25) is 0 Å². The largest absolute Gasteiger partial charge is 0.497 e. The van der Waals surface area contributed by atoms with E-state index in [4.69, 9.17) is 9.47 Å². The topological polar surface area (TPSA) is 79.8 Å². The van der Waals surface area contributed by atoms with Crippen molar-refractivity contribution in [2.75, 3.05) is 52.3 Å². The van der Waals surface area contributed by atoms with Gasteiger partial charge in [-0.1, -0.05) is 0 Å². The van der Waals surface area contributed by atoms with Gasteiger partial charge in [0.2, 0.25) is 11.9 Å². The van der Waals surface area contributed by atoms with E-state index in [2.05, 4.69) is 20.2 Å². The number of methoxy groups -OCH3 is 2. The van der Waals surface area contributed by atoms with Crippen molar-refractivity contribution in [3.05, 3.63) is 42.2 Å². The van der Waals surface area contributed by atoms with Crippen LogP contribution >= 0.6 is 0 Å². The quantitative estimate of drug-likeness (QED) is 0.740. The summed E-state index contributed by atoms with van der Waals surface area (Å²) in [7, 11) is 3.34. The fourth-order valence-corrected chi connectivity index (χ4v) is 3.23. The average molecular weight is 385 g/mol. The Hall–Kier alpha value is -2.87. The maximum absolute atomic E-state index is 12.4. The van der Waals surface area contributed by atoms with Crippen molar-refractivity contribution in [2.45, 2.75) is 13.0 Å². The number of ether oxygens (including phenoxy) is 2. The summed E-state index contributed by atoms with van der Waals surface area (Å²) in [4.78, 5) is 24.9. The first kappa shape index (κ1) is 19.9. The van der Waals surface area contributed by atoms with Crippen molar-refractivity contribution in [1.82, 2.24) is 19.8 Å². The molecule has 0 bridgehead atoms.